The lowest BCUT2D eigenvalue weighted by atomic mass is 10.1. The lowest BCUT2D eigenvalue weighted by Gasteiger charge is -2.13. The van der Waals surface area contributed by atoms with E-state index in [1.165, 1.54) is 0 Å². The molecule has 0 saturated carbocycles. The van der Waals surface area contributed by atoms with Crippen molar-refractivity contribution >= 4 is 5.91 Å². The monoisotopic (exact) mass is 358 g/mol. The molecule has 6 nitrogen and oxygen atoms in total. The molecule has 140 valence electrons. The molecule has 1 N–H and O–H groups in total. The van der Waals surface area contributed by atoms with Crippen molar-refractivity contribution in [2.75, 3.05) is 19.8 Å². The Morgan fingerprint density at radius 1 is 1.04 bits per heavy atom. The number of ether oxygens (including phenoxy) is 3. The Kier molecular flexibility index (Phi) is 7.74. The van der Waals surface area contributed by atoms with Crippen LogP contribution < -0.4 is 19.5 Å². The van der Waals surface area contributed by atoms with E-state index in [0.717, 1.165) is 12.0 Å². The van der Waals surface area contributed by atoms with Crippen molar-refractivity contribution < 1.29 is 19.0 Å². The molecule has 0 aliphatic rings. The smallest absolute Gasteiger partial charge is 0.251 e. The average molecular weight is 358 g/mol. The highest BCUT2D eigenvalue weighted by Gasteiger charge is 2.12. The van der Waals surface area contributed by atoms with Crippen LogP contribution in [0.5, 0.6) is 17.4 Å². The first-order valence-electron chi connectivity index (χ1n) is 8.94. The number of pyridine rings is 1. The summed E-state index contributed by atoms with van der Waals surface area (Å²) in [6, 6.07) is 8.89. The number of aromatic nitrogens is 1. The van der Waals surface area contributed by atoms with Crippen LogP contribution in [0.2, 0.25) is 0 Å². The third-order valence-corrected chi connectivity index (χ3v) is 3.54. The van der Waals surface area contributed by atoms with Gasteiger partial charge < -0.3 is 19.5 Å². The maximum absolute atomic E-state index is 12.5. The van der Waals surface area contributed by atoms with E-state index in [4.69, 9.17) is 14.2 Å². The SMILES string of the molecule is CCCOc1ncccc1CNC(=O)c1ccc(OCC)c(OCC)c1. The standard InChI is InChI=1S/C20H26N2O4/c1-4-12-26-20-16(8-7-11-21-20)14-22-19(23)15-9-10-17(24-5-2)18(13-15)25-6-3/h7-11,13H,4-6,12,14H2,1-3H3,(H,22,23). The van der Waals surface area contributed by atoms with Crippen LogP contribution in [-0.2, 0) is 6.54 Å². The van der Waals surface area contributed by atoms with Crippen molar-refractivity contribution in [2.24, 2.45) is 0 Å². The second kappa shape index (κ2) is 10.3. The number of carbonyl (C=O) groups is 1. The number of rotatable bonds is 10. The van der Waals surface area contributed by atoms with Gasteiger partial charge in [0.25, 0.3) is 5.91 Å². The molecule has 0 bridgehead atoms. The van der Waals surface area contributed by atoms with E-state index < -0.39 is 0 Å². The molecule has 6 heteroatoms. The summed E-state index contributed by atoms with van der Waals surface area (Å²) in [5, 5.41) is 2.90. The molecule has 0 saturated heterocycles. The molecule has 1 heterocycles. The Hall–Kier alpha value is -2.76. The summed E-state index contributed by atoms with van der Waals surface area (Å²) in [6.45, 7) is 7.79. The van der Waals surface area contributed by atoms with Gasteiger partial charge in [0.1, 0.15) is 0 Å². The van der Waals surface area contributed by atoms with E-state index in [9.17, 15) is 4.79 Å². The van der Waals surface area contributed by atoms with Gasteiger partial charge in [-0.1, -0.05) is 13.0 Å². The second-order valence-electron chi connectivity index (χ2n) is 5.53. The maximum atomic E-state index is 12.5. The van der Waals surface area contributed by atoms with Gasteiger partial charge in [-0.2, -0.15) is 0 Å². The van der Waals surface area contributed by atoms with E-state index in [2.05, 4.69) is 10.3 Å². The van der Waals surface area contributed by atoms with Crippen LogP contribution in [0.1, 0.15) is 43.1 Å². The normalized spacial score (nSPS) is 10.3. The summed E-state index contributed by atoms with van der Waals surface area (Å²) in [6.07, 6.45) is 2.58. The van der Waals surface area contributed by atoms with Crippen molar-refractivity contribution in [3.8, 4) is 17.4 Å². The van der Waals surface area contributed by atoms with Gasteiger partial charge in [-0.25, -0.2) is 4.98 Å². The fourth-order valence-electron chi connectivity index (χ4n) is 2.36. The van der Waals surface area contributed by atoms with Crippen LogP contribution in [0, 0.1) is 0 Å². The molecule has 0 atom stereocenters. The summed E-state index contributed by atoms with van der Waals surface area (Å²) < 4.78 is 16.7. The van der Waals surface area contributed by atoms with Crippen molar-refractivity contribution in [1.82, 2.24) is 10.3 Å². The molecule has 26 heavy (non-hydrogen) atoms. The first-order valence-corrected chi connectivity index (χ1v) is 8.94. The highest BCUT2D eigenvalue weighted by molar-refractivity contribution is 5.94. The summed E-state index contributed by atoms with van der Waals surface area (Å²) in [5.74, 6) is 1.56. The third kappa shape index (κ3) is 5.37. The minimum Gasteiger partial charge on any atom is -0.490 e. The first-order chi connectivity index (χ1) is 12.7. The van der Waals surface area contributed by atoms with Crippen LogP contribution in [0.4, 0.5) is 0 Å². The number of carbonyl (C=O) groups excluding carboxylic acids is 1. The Morgan fingerprint density at radius 3 is 2.54 bits per heavy atom. The van der Waals surface area contributed by atoms with Crippen LogP contribution in [0.15, 0.2) is 36.5 Å². The van der Waals surface area contributed by atoms with Crippen molar-refractivity contribution in [3.05, 3.63) is 47.7 Å². The van der Waals surface area contributed by atoms with Crippen LogP contribution in [-0.4, -0.2) is 30.7 Å². The molecule has 0 fully saturated rings. The zero-order chi connectivity index (χ0) is 18.8. The topological polar surface area (TPSA) is 69.7 Å². The predicted octanol–water partition coefficient (Wildman–Crippen LogP) is 3.60. The molecule has 2 aromatic rings. The largest absolute Gasteiger partial charge is 0.490 e. The van der Waals surface area contributed by atoms with Crippen LogP contribution in [0.25, 0.3) is 0 Å². The Labute approximate surface area is 154 Å². The van der Waals surface area contributed by atoms with Gasteiger partial charge in [0.05, 0.1) is 19.8 Å². The predicted molar refractivity (Wildman–Crippen MR) is 100.0 cm³/mol. The lowest BCUT2D eigenvalue weighted by molar-refractivity contribution is 0.0950. The quantitative estimate of drug-likeness (QED) is 0.703. The number of hydrogen-bond acceptors (Lipinski definition) is 5. The Morgan fingerprint density at radius 2 is 1.81 bits per heavy atom. The zero-order valence-corrected chi connectivity index (χ0v) is 15.6. The fraction of sp³-hybridized carbons (Fsp3) is 0.400. The first kappa shape index (κ1) is 19.6. The number of hydrogen-bond donors (Lipinski definition) is 1. The van der Waals surface area contributed by atoms with Crippen molar-refractivity contribution in [2.45, 2.75) is 33.7 Å². The highest BCUT2D eigenvalue weighted by atomic mass is 16.5. The molecule has 1 aromatic carbocycles. The van der Waals surface area contributed by atoms with E-state index in [1.54, 1.807) is 24.4 Å². The molecule has 0 spiro atoms. The second-order valence-corrected chi connectivity index (χ2v) is 5.53. The van der Waals surface area contributed by atoms with E-state index in [0.29, 0.717) is 49.3 Å². The summed E-state index contributed by atoms with van der Waals surface area (Å²) >= 11 is 0. The molecular formula is C20H26N2O4. The molecule has 0 unspecified atom stereocenters. The minimum atomic E-state index is -0.195. The minimum absolute atomic E-state index is 0.195. The molecular weight excluding hydrogens is 332 g/mol. The molecule has 0 radical (unpaired) electrons. The molecule has 2 rings (SSSR count). The van der Waals surface area contributed by atoms with Crippen molar-refractivity contribution in [3.63, 3.8) is 0 Å². The van der Waals surface area contributed by atoms with Gasteiger partial charge in [0.2, 0.25) is 5.88 Å². The van der Waals surface area contributed by atoms with Gasteiger partial charge >= 0.3 is 0 Å². The number of nitrogens with one attached hydrogen (secondary N) is 1. The Balaban J connectivity index is 2.07. The summed E-state index contributed by atoms with van der Waals surface area (Å²) in [4.78, 5) is 16.7. The number of benzene rings is 1. The van der Waals surface area contributed by atoms with Gasteiger partial charge in [0.15, 0.2) is 11.5 Å². The molecule has 0 aliphatic heterocycles. The lowest BCUT2D eigenvalue weighted by Crippen LogP contribution is -2.23. The zero-order valence-electron chi connectivity index (χ0n) is 15.6. The van der Waals surface area contributed by atoms with Gasteiger partial charge in [-0.3, -0.25) is 4.79 Å². The maximum Gasteiger partial charge on any atom is 0.251 e. The van der Waals surface area contributed by atoms with E-state index in [1.807, 2.05) is 32.9 Å². The number of amides is 1. The Bertz CT molecular complexity index is 719. The molecule has 1 aromatic heterocycles. The van der Waals surface area contributed by atoms with E-state index in [-0.39, 0.29) is 5.91 Å². The highest BCUT2D eigenvalue weighted by Crippen LogP contribution is 2.28. The van der Waals surface area contributed by atoms with Gasteiger partial charge in [-0.15, -0.1) is 0 Å². The fourth-order valence-corrected chi connectivity index (χ4v) is 2.36. The van der Waals surface area contributed by atoms with Gasteiger partial charge in [0, 0.05) is 23.9 Å². The van der Waals surface area contributed by atoms with Gasteiger partial charge in [-0.05, 0) is 44.5 Å². The molecule has 0 aliphatic carbocycles. The molecule has 1 amide bonds. The van der Waals surface area contributed by atoms with Crippen LogP contribution in [0.3, 0.4) is 0 Å². The number of nitrogens with zero attached hydrogens (tertiary/aromatic N) is 1. The van der Waals surface area contributed by atoms with Crippen molar-refractivity contribution in [1.29, 1.82) is 0 Å². The summed E-state index contributed by atoms with van der Waals surface area (Å²) in [7, 11) is 0. The van der Waals surface area contributed by atoms with Crippen LogP contribution >= 0.6 is 0 Å². The third-order valence-electron chi connectivity index (χ3n) is 3.54. The summed E-state index contributed by atoms with van der Waals surface area (Å²) in [5.41, 5.74) is 1.35. The van der Waals surface area contributed by atoms with E-state index >= 15 is 0 Å². The average Bonchev–Trinajstić information content (AvgIpc) is 2.66.